The van der Waals surface area contributed by atoms with Gasteiger partial charge in [-0.15, -0.1) is 0 Å². The molecule has 1 fully saturated rings. The Morgan fingerprint density at radius 2 is 2.10 bits per heavy atom. The summed E-state index contributed by atoms with van der Waals surface area (Å²) in [6.07, 6.45) is 4.00. The molecule has 0 bridgehead atoms. The van der Waals surface area contributed by atoms with E-state index < -0.39 is 0 Å². The van der Waals surface area contributed by atoms with Crippen LogP contribution in [0.25, 0.3) is 16.9 Å². The molecule has 21 heavy (non-hydrogen) atoms. The lowest BCUT2D eigenvalue weighted by Crippen LogP contribution is -2.08. The van der Waals surface area contributed by atoms with E-state index in [1.54, 1.807) is 0 Å². The number of pyridine rings is 1. The molecule has 0 radical (unpaired) electrons. The number of ether oxygens (including phenoxy) is 1. The average molecular weight is 279 g/mol. The third-order valence-electron chi connectivity index (χ3n) is 4.02. The second-order valence-electron chi connectivity index (χ2n) is 5.44. The lowest BCUT2D eigenvalue weighted by atomic mass is 10.2. The molecule has 4 nitrogen and oxygen atoms in total. The predicted molar refractivity (Wildman–Crippen MR) is 81.5 cm³/mol. The monoisotopic (exact) mass is 279 g/mol. The largest absolute Gasteiger partial charge is 0.370 e. The molecule has 1 saturated heterocycles. The van der Waals surface area contributed by atoms with Gasteiger partial charge in [0.15, 0.2) is 5.65 Å². The third-order valence-corrected chi connectivity index (χ3v) is 4.02. The van der Waals surface area contributed by atoms with Gasteiger partial charge in [-0.1, -0.05) is 18.2 Å². The molecule has 1 aliphatic rings. The minimum atomic E-state index is 0.0683. The van der Waals surface area contributed by atoms with Crippen molar-refractivity contribution in [2.75, 3.05) is 6.61 Å². The number of para-hydroxylation sites is 1. The van der Waals surface area contributed by atoms with E-state index in [0.717, 1.165) is 42.1 Å². The summed E-state index contributed by atoms with van der Waals surface area (Å²) >= 11 is 0. The van der Waals surface area contributed by atoms with Gasteiger partial charge in [-0.3, -0.25) is 4.57 Å². The number of aryl methyl sites for hydroxylation is 1. The van der Waals surface area contributed by atoms with Gasteiger partial charge in [-0.05, 0) is 43.5 Å². The topological polar surface area (TPSA) is 39.9 Å². The lowest BCUT2D eigenvalue weighted by molar-refractivity contribution is 0.104. The van der Waals surface area contributed by atoms with E-state index in [-0.39, 0.29) is 6.10 Å². The summed E-state index contributed by atoms with van der Waals surface area (Å²) in [6, 6.07) is 12.3. The van der Waals surface area contributed by atoms with Crippen LogP contribution in [0.3, 0.4) is 0 Å². The lowest BCUT2D eigenvalue weighted by Gasteiger charge is -2.14. The van der Waals surface area contributed by atoms with Crippen molar-refractivity contribution in [3.8, 4) is 5.69 Å². The molecular weight excluding hydrogens is 262 g/mol. The Kier molecular flexibility index (Phi) is 2.97. The van der Waals surface area contributed by atoms with Crippen LogP contribution in [-0.4, -0.2) is 21.1 Å². The zero-order valence-electron chi connectivity index (χ0n) is 12.0. The summed E-state index contributed by atoms with van der Waals surface area (Å²) in [5.41, 5.74) is 4.16. The van der Waals surface area contributed by atoms with Gasteiger partial charge in [0.05, 0.1) is 5.69 Å². The summed E-state index contributed by atoms with van der Waals surface area (Å²) in [6.45, 7) is 2.93. The Hall–Kier alpha value is -2.20. The van der Waals surface area contributed by atoms with Crippen molar-refractivity contribution in [3.05, 3.63) is 54.0 Å². The zero-order chi connectivity index (χ0) is 14.2. The number of aromatic nitrogens is 3. The van der Waals surface area contributed by atoms with Gasteiger partial charge in [0.1, 0.15) is 17.4 Å². The second kappa shape index (κ2) is 4.97. The van der Waals surface area contributed by atoms with Crippen LogP contribution in [-0.2, 0) is 4.74 Å². The number of benzene rings is 1. The summed E-state index contributed by atoms with van der Waals surface area (Å²) in [5.74, 6) is 0.968. The molecule has 3 aromatic rings. The van der Waals surface area contributed by atoms with E-state index in [4.69, 9.17) is 9.72 Å². The maximum atomic E-state index is 5.86. The summed E-state index contributed by atoms with van der Waals surface area (Å²) < 4.78 is 8.01. The van der Waals surface area contributed by atoms with E-state index in [1.807, 2.05) is 18.3 Å². The molecule has 0 saturated carbocycles. The minimum Gasteiger partial charge on any atom is -0.370 e. The van der Waals surface area contributed by atoms with Crippen molar-refractivity contribution >= 4 is 11.2 Å². The van der Waals surface area contributed by atoms with Crippen LogP contribution in [0.2, 0.25) is 0 Å². The fraction of sp³-hybridized carbons (Fsp3) is 0.294. The normalized spacial score (nSPS) is 18.4. The number of fused-ring (bicyclic) bond motifs is 1. The standard InChI is InChI=1S/C17H17N3O/c1-12-6-2-3-8-14(12)20-16-13(7-4-10-18-16)19-17(20)15-9-5-11-21-15/h2-4,6-8,10,15H,5,9,11H2,1H3. The highest BCUT2D eigenvalue weighted by molar-refractivity contribution is 5.74. The maximum Gasteiger partial charge on any atom is 0.164 e. The highest BCUT2D eigenvalue weighted by Gasteiger charge is 2.26. The predicted octanol–water partition coefficient (Wildman–Crippen LogP) is 3.58. The number of hydrogen-bond acceptors (Lipinski definition) is 3. The van der Waals surface area contributed by atoms with Crippen molar-refractivity contribution < 1.29 is 4.74 Å². The van der Waals surface area contributed by atoms with Crippen molar-refractivity contribution in [2.24, 2.45) is 0 Å². The Bertz CT molecular complexity index is 788. The maximum absolute atomic E-state index is 5.86. The highest BCUT2D eigenvalue weighted by Crippen LogP contribution is 2.32. The second-order valence-corrected chi connectivity index (χ2v) is 5.44. The highest BCUT2D eigenvalue weighted by atomic mass is 16.5. The van der Waals surface area contributed by atoms with E-state index >= 15 is 0 Å². The first-order valence-electron chi connectivity index (χ1n) is 7.35. The fourth-order valence-corrected chi connectivity index (χ4v) is 2.98. The summed E-state index contributed by atoms with van der Waals surface area (Å²) in [4.78, 5) is 9.32. The first kappa shape index (κ1) is 12.5. The number of hydrogen-bond donors (Lipinski definition) is 0. The Morgan fingerprint density at radius 3 is 2.90 bits per heavy atom. The van der Waals surface area contributed by atoms with Gasteiger partial charge < -0.3 is 4.74 Å². The van der Waals surface area contributed by atoms with E-state index in [9.17, 15) is 0 Å². The van der Waals surface area contributed by atoms with Crippen molar-refractivity contribution in [2.45, 2.75) is 25.9 Å². The summed E-state index contributed by atoms with van der Waals surface area (Å²) in [5, 5.41) is 0. The van der Waals surface area contributed by atoms with Crippen LogP contribution >= 0.6 is 0 Å². The van der Waals surface area contributed by atoms with Crippen LogP contribution in [0.1, 0.15) is 30.3 Å². The molecule has 0 amide bonds. The molecular formula is C17H17N3O. The van der Waals surface area contributed by atoms with Crippen LogP contribution in [0, 0.1) is 6.92 Å². The molecule has 0 aliphatic carbocycles. The third kappa shape index (κ3) is 2.03. The molecule has 1 atom stereocenters. The van der Waals surface area contributed by atoms with Crippen LogP contribution in [0.4, 0.5) is 0 Å². The molecule has 106 valence electrons. The molecule has 0 spiro atoms. The van der Waals surface area contributed by atoms with Crippen LogP contribution < -0.4 is 0 Å². The molecule has 4 rings (SSSR count). The molecule has 1 aliphatic heterocycles. The Labute approximate surface area is 123 Å². The van der Waals surface area contributed by atoms with Gasteiger partial charge >= 0.3 is 0 Å². The molecule has 2 aromatic heterocycles. The first-order chi connectivity index (χ1) is 10.3. The SMILES string of the molecule is Cc1ccccc1-n1c(C2CCCO2)nc2cccnc21. The van der Waals surface area contributed by atoms with E-state index in [2.05, 4.69) is 40.7 Å². The van der Waals surface area contributed by atoms with Gasteiger partial charge in [-0.2, -0.15) is 0 Å². The first-order valence-corrected chi connectivity index (χ1v) is 7.35. The number of nitrogens with zero attached hydrogens (tertiary/aromatic N) is 3. The van der Waals surface area contributed by atoms with E-state index in [0.29, 0.717) is 0 Å². The average Bonchev–Trinajstić information content (AvgIpc) is 3.15. The smallest absolute Gasteiger partial charge is 0.164 e. The van der Waals surface area contributed by atoms with Crippen molar-refractivity contribution in [3.63, 3.8) is 0 Å². The van der Waals surface area contributed by atoms with Crippen LogP contribution in [0.15, 0.2) is 42.6 Å². The Balaban J connectivity index is 2.00. The van der Waals surface area contributed by atoms with Crippen molar-refractivity contribution in [1.82, 2.24) is 14.5 Å². The molecule has 1 aromatic carbocycles. The molecule has 4 heteroatoms. The van der Waals surface area contributed by atoms with Crippen molar-refractivity contribution in [1.29, 1.82) is 0 Å². The molecule has 1 unspecified atom stereocenters. The fourth-order valence-electron chi connectivity index (χ4n) is 2.98. The van der Waals surface area contributed by atoms with E-state index in [1.165, 1.54) is 5.56 Å². The minimum absolute atomic E-state index is 0.0683. The molecule has 0 N–H and O–H groups in total. The van der Waals surface area contributed by atoms with Crippen LogP contribution in [0.5, 0.6) is 0 Å². The van der Waals surface area contributed by atoms with Gasteiger partial charge in [0, 0.05) is 12.8 Å². The van der Waals surface area contributed by atoms with Gasteiger partial charge in [0.25, 0.3) is 0 Å². The zero-order valence-corrected chi connectivity index (χ0v) is 12.0. The quantitative estimate of drug-likeness (QED) is 0.720. The molecule has 3 heterocycles. The Morgan fingerprint density at radius 1 is 1.19 bits per heavy atom. The number of rotatable bonds is 2. The summed E-state index contributed by atoms with van der Waals surface area (Å²) in [7, 11) is 0. The number of imidazole rings is 1. The van der Waals surface area contributed by atoms with Gasteiger partial charge in [-0.25, -0.2) is 9.97 Å². The van der Waals surface area contributed by atoms with Gasteiger partial charge in [0.2, 0.25) is 0 Å².